The third kappa shape index (κ3) is 5.24. The molecule has 0 saturated heterocycles. The Hall–Kier alpha value is -2.47. The van der Waals surface area contributed by atoms with Crippen LogP contribution in [0.3, 0.4) is 0 Å². The Morgan fingerprint density at radius 1 is 1.19 bits per heavy atom. The van der Waals surface area contributed by atoms with E-state index in [0.717, 1.165) is 37.5 Å². The fraction of sp³-hybridized carbons (Fsp3) is 0.536. The lowest BCUT2D eigenvalue weighted by molar-refractivity contribution is -0.148. The lowest BCUT2D eigenvalue weighted by atomic mass is 9.45. The van der Waals surface area contributed by atoms with E-state index in [1.165, 1.54) is 0 Å². The van der Waals surface area contributed by atoms with Crippen molar-refractivity contribution < 1.29 is 14.4 Å². The second-order valence-electron chi connectivity index (χ2n) is 8.84. The number of rotatable bonds is 4. The van der Waals surface area contributed by atoms with Crippen LogP contribution in [-0.4, -0.2) is 17.9 Å². The topological polar surface area (TPSA) is 51.2 Å². The molecule has 0 radical (unpaired) electrons. The van der Waals surface area contributed by atoms with Gasteiger partial charge in [-0.25, -0.2) is 0 Å². The fourth-order valence-corrected chi connectivity index (χ4v) is 5.94. The molecular weight excluding hydrogens is 384 g/mol. The molecule has 0 spiro atoms. The van der Waals surface area contributed by atoms with Crippen molar-refractivity contribution in [3.8, 4) is 12.8 Å². The van der Waals surface area contributed by atoms with Gasteiger partial charge in [0, 0.05) is 23.7 Å². The first-order chi connectivity index (χ1) is 14.8. The van der Waals surface area contributed by atoms with Crippen molar-refractivity contribution in [3.63, 3.8) is 0 Å². The number of hydrogen-bond donors (Lipinski definition) is 0. The summed E-state index contributed by atoms with van der Waals surface area (Å²) in [6.45, 7) is 20.4. The molecule has 3 heteroatoms. The van der Waals surface area contributed by atoms with Crippen LogP contribution >= 0.6 is 0 Å². The number of ketones is 2. The monoisotopic (exact) mass is 424 g/mol. The van der Waals surface area contributed by atoms with E-state index >= 15 is 0 Å². The van der Waals surface area contributed by atoms with Crippen molar-refractivity contribution in [3.05, 3.63) is 50.1 Å². The Balaban J connectivity index is 0.00000138. The molecule has 3 rings (SSSR count). The molecular formula is C28H40O3. The van der Waals surface area contributed by atoms with Gasteiger partial charge in [-0.05, 0) is 48.7 Å². The zero-order valence-electron chi connectivity index (χ0n) is 19.9. The molecule has 3 nitrogen and oxygen atoms in total. The minimum absolute atomic E-state index is 0.0405. The first-order valence-corrected chi connectivity index (χ1v) is 11.0. The number of aldehydes is 1. The Bertz CT molecular complexity index is 726. The largest absolute Gasteiger partial charge is 0.303 e. The lowest BCUT2D eigenvalue weighted by Gasteiger charge is -2.57. The van der Waals surface area contributed by atoms with Gasteiger partial charge in [0.05, 0.1) is 0 Å². The second kappa shape index (κ2) is 12.4. The van der Waals surface area contributed by atoms with Crippen molar-refractivity contribution >= 4 is 17.9 Å². The number of Topliss-reactive ketones (excluding diaryl/α,β-unsaturated/α-hetero) is 1. The highest BCUT2D eigenvalue weighted by molar-refractivity contribution is 6.01. The van der Waals surface area contributed by atoms with Gasteiger partial charge in [-0.15, -0.1) is 39.2 Å². The Morgan fingerprint density at radius 3 is 2.29 bits per heavy atom. The molecule has 0 aromatic rings. The van der Waals surface area contributed by atoms with Crippen molar-refractivity contribution in [2.75, 3.05) is 0 Å². The lowest BCUT2D eigenvalue weighted by Crippen LogP contribution is -2.56. The minimum atomic E-state index is -0.328. The van der Waals surface area contributed by atoms with Gasteiger partial charge >= 0.3 is 0 Å². The van der Waals surface area contributed by atoms with Crippen LogP contribution in [0.5, 0.6) is 0 Å². The number of terminal acetylenes is 1. The van der Waals surface area contributed by atoms with Crippen LogP contribution in [0, 0.1) is 47.3 Å². The summed E-state index contributed by atoms with van der Waals surface area (Å²) in [5, 5.41) is 0. The van der Waals surface area contributed by atoms with Crippen LogP contribution in [0.1, 0.15) is 59.8 Å². The van der Waals surface area contributed by atoms with E-state index in [4.69, 9.17) is 0 Å². The minimum Gasteiger partial charge on any atom is -0.303 e. The fourth-order valence-electron chi connectivity index (χ4n) is 5.94. The molecule has 3 aliphatic rings. The van der Waals surface area contributed by atoms with Crippen molar-refractivity contribution in [2.24, 2.45) is 34.5 Å². The van der Waals surface area contributed by atoms with Crippen LogP contribution in [0.15, 0.2) is 50.1 Å². The highest BCUT2D eigenvalue weighted by atomic mass is 16.1. The van der Waals surface area contributed by atoms with E-state index in [1.54, 1.807) is 12.2 Å². The molecule has 0 aromatic heterocycles. The van der Waals surface area contributed by atoms with Gasteiger partial charge in [0.2, 0.25) is 0 Å². The SMILES string of the molecule is C#C.C=C.C=C.CCCC1[C@@H]2CCC3=CC(=O)C=C[C@]3(C)C2C(=O)C[C@]1(C)C(C)C=O. The van der Waals surface area contributed by atoms with Gasteiger partial charge in [-0.3, -0.25) is 9.59 Å². The predicted molar refractivity (Wildman–Crippen MR) is 130 cm³/mol. The molecule has 0 bridgehead atoms. The summed E-state index contributed by atoms with van der Waals surface area (Å²) in [5.41, 5.74) is 0.546. The number of hydrogen-bond acceptors (Lipinski definition) is 3. The van der Waals surface area contributed by atoms with E-state index in [9.17, 15) is 14.4 Å². The standard InChI is InChI=1S/C22H30O3.2C2H4.C2H2/c1-5-6-18-17-8-7-15-11-16(24)9-10-21(15,3)20(17)19(25)12-22(18,4)14(2)13-23;3*1-2/h9-11,13-14,17-18,20H,5-8,12H2,1-4H3;2*1-2H2;1-2H/t14?,17-,18?,20?,21-,22+;;;/m0.../s1. The second-order valence-corrected chi connectivity index (χ2v) is 8.84. The van der Waals surface area contributed by atoms with Crippen LogP contribution in [0.4, 0.5) is 0 Å². The summed E-state index contributed by atoms with van der Waals surface area (Å²) >= 11 is 0. The average Bonchev–Trinajstić information content (AvgIpc) is 2.79. The maximum Gasteiger partial charge on any atom is 0.178 e. The van der Waals surface area contributed by atoms with Crippen LogP contribution in [0.2, 0.25) is 0 Å². The van der Waals surface area contributed by atoms with Gasteiger partial charge < -0.3 is 4.79 Å². The van der Waals surface area contributed by atoms with Crippen molar-refractivity contribution in [2.45, 2.75) is 59.8 Å². The molecule has 2 fully saturated rings. The maximum absolute atomic E-state index is 13.3. The number of carbonyl (C=O) groups excluding carboxylic acids is 3. The van der Waals surface area contributed by atoms with Gasteiger partial charge in [0.25, 0.3) is 0 Å². The predicted octanol–water partition coefficient (Wildman–Crippen LogP) is 6.17. The van der Waals surface area contributed by atoms with Gasteiger partial charge in [-0.1, -0.05) is 45.8 Å². The average molecular weight is 425 g/mol. The molecule has 31 heavy (non-hydrogen) atoms. The molecule has 6 atom stereocenters. The van der Waals surface area contributed by atoms with Crippen LogP contribution in [0.25, 0.3) is 0 Å². The summed E-state index contributed by atoms with van der Waals surface area (Å²) in [4.78, 5) is 36.7. The van der Waals surface area contributed by atoms with Crippen LogP contribution < -0.4 is 0 Å². The van der Waals surface area contributed by atoms with Gasteiger partial charge in [0.1, 0.15) is 12.1 Å². The first-order valence-electron chi connectivity index (χ1n) is 11.0. The molecule has 0 N–H and O–H groups in total. The Labute approximate surface area is 189 Å². The number of allylic oxidation sites excluding steroid dienone is 4. The summed E-state index contributed by atoms with van der Waals surface area (Å²) in [6, 6.07) is 0. The molecule has 0 heterocycles. The summed E-state index contributed by atoms with van der Waals surface area (Å²) in [7, 11) is 0. The molecule has 3 unspecified atom stereocenters. The zero-order valence-corrected chi connectivity index (χ0v) is 19.9. The molecule has 3 aliphatic carbocycles. The van der Waals surface area contributed by atoms with Crippen molar-refractivity contribution in [1.82, 2.24) is 0 Å². The third-order valence-corrected chi connectivity index (χ3v) is 7.53. The Kier molecular flexibility index (Phi) is 11.4. The van der Waals surface area contributed by atoms with E-state index in [-0.39, 0.29) is 34.2 Å². The van der Waals surface area contributed by atoms with Gasteiger partial charge in [-0.2, -0.15) is 0 Å². The van der Waals surface area contributed by atoms with E-state index in [1.807, 2.05) is 13.0 Å². The number of carbonyl (C=O) groups is 3. The molecule has 2 saturated carbocycles. The summed E-state index contributed by atoms with van der Waals surface area (Å²) in [6.07, 6.45) is 18.8. The highest BCUT2D eigenvalue weighted by Gasteiger charge is 2.58. The third-order valence-electron chi connectivity index (χ3n) is 7.53. The smallest absolute Gasteiger partial charge is 0.178 e. The van der Waals surface area contributed by atoms with E-state index in [2.05, 4.69) is 59.9 Å². The molecule has 0 aromatic carbocycles. The van der Waals surface area contributed by atoms with E-state index in [0.29, 0.717) is 18.3 Å². The maximum atomic E-state index is 13.3. The molecule has 0 amide bonds. The first kappa shape index (κ1) is 28.5. The normalized spacial score (nSPS) is 33.9. The summed E-state index contributed by atoms with van der Waals surface area (Å²) < 4.78 is 0. The highest BCUT2D eigenvalue weighted by Crippen LogP contribution is 2.61. The molecule has 0 aliphatic heterocycles. The zero-order chi connectivity index (χ0) is 24.4. The molecule has 170 valence electrons. The quantitative estimate of drug-likeness (QED) is 0.308. The van der Waals surface area contributed by atoms with Crippen molar-refractivity contribution in [1.29, 1.82) is 0 Å². The van der Waals surface area contributed by atoms with Gasteiger partial charge in [0.15, 0.2) is 5.78 Å². The van der Waals surface area contributed by atoms with E-state index < -0.39 is 0 Å². The van der Waals surface area contributed by atoms with Crippen LogP contribution in [-0.2, 0) is 14.4 Å². The number of fused-ring (bicyclic) bond motifs is 3. The summed E-state index contributed by atoms with van der Waals surface area (Å²) in [5.74, 6) is 0.834. The Morgan fingerprint density at radius 2 is 1.77 bits per heavy atom.